The van der Waals surface area contributed by atoms with Crippen molar-refractivity contribution in [2.24, 2.45) is 0 Å². The molecule has 8 heteroatoms. The van der Waals surface area contributed by atoms with Gasteiger partial charge in [0.2, 0.25) is 0 Å². The fourth-order valence-electron chi connectivity index (χ4n) is 3.13. The van der Waals surface area contributed by atoms with E-state index in [1.807, 2.05) is 0 Å². The predicted molar refractivity (Wildman–Crippen MR) is 110 cm³/mol. The highest BCUT2D eigenvalue weighted by Crippen LogP contribution is 2.28. The van der Waals surface area contributed by atoms with E-state index in [0.717, 1.165) is 12.8 Å². The summed E-state index contributed by atoms with van der Waals surface area (Å²) in [4.78, 5) is 22.4. The van der Waals surface area contributed by atoms with Gasteiger partial charge in [-0.25, -0.2) is 0 Å². The van der Waals surface area contributed by atoms with E-state index in [2.05, 4.69) is 33.0 Å². The normalized spacial score (nSPS) is 19.0. The SMILES string of the molecule is CC(C)(O)COC(=O)CCC(=O)OCC(C)(C)O.CC1(C)CC(O)CC(C)(C)N1. The first-order chi connectivity index (χ1) is 12.8. The summed E-state index contributed by atoms with van der Waals surface area (Å²) in [6.07, 6.45) is 1.36. The maximum atomic E-state index is 11.2. The smallest absolute Gasteiger partial charge is 0.306 e. The Kier molecular flexibility index (Phi) is 10.3. The van der Waals surface area contributed by atoms with Crippen LogP contribution in [0.5, 0.6) is 0 Å². The molecule has 0 amide bonds. The Morgan fingerprint density at radius 3 is 1.41 bits per heavy atom. The second-order valence-electron chi connectivity index (χ2n) is 10.4. The largest absolute Gasteiger partial charge is 0.463 e. The van der Waals surface area contributed by atoms with Crippen molar-refractivity contribution in [3.8, 4) is 0 Å². The summed E-state index contributed by atoms with van der Waals surface area (Å²) in [6.45, 7) is 14.4. The number of carbonyl (C=O) groups excluding carboxylic acids is 2. The number of piperidine rings is 1. The molecule has 0 aromatic heterocycles. The van der Waals surface area contributed by atoms with Crippen molar-refractivity contribution < 1.29 is 34.4 Å². The Balaban J connectivity index is 0.000000604. The molecule has 0 aliphatic carbocycles. The van der Waals surface area contributed by atoms with Gasteiger partial charge in [0.25, 0.3) is 0 Å². The Morgan fingerprint density at radius 2 is 1.17 bits per heavy atom. The fourth-order valence-corrected chi connectivity index (χ4v) is 3.13. The van der Waals surface area contributed by atoms with Gasteiger partial charge in [-0.05, 0) is 68.2 Å². The number of aliphatic hydroxyl groups excluding tert-OH is 1. The van der Waals surface area contributed by atoms with Crippen LogP contribution in [0.1, 0.15) is 81.1 Å². The van der Waals surface area contributed by atoms with Gasteiger partial charge in [0.05, 0.1) is 30.1 Å². The van der Waals surface area contributed by atoms with Crippen LogP contribution >= 0.6 is 0 Å². The molecule has 1 saturated heterocycles. The molecule has 8 nitrogen and oxygen atoms in total. The third-order valence-electron chi connectivity index (χ3n) is 3.87. The molecule has 0 unspecified atom stereocenters. The van der Waals surface area contributed by atoms with Gasteiger partial charge in [-0.15, -0.1) is 0 Å². The van der Waals surface area contributed by atoms with Crippen LogP contribution in [0.25, 0.3) is 0 Å². The van der Waals surface area contributed by atoms with Gasteiger partial charge in [0.1, 0.15) is 13.2 Å². The third kappa shape index (κ3) is 16.3. The van der Waals surface area contributed by atoms with E-state index in [0.29, 0.717) is 0 Å². The monoisotopic (exact) mass is 419 g/mol. The van der Waals surface area contributed by atoms with Crippen molar-refractivity contribution in [2.75, 3.05) is 13.2 Å². The van der Waals surface area contributed by atoms with Crippen molar-refractivity contribution in [3.05, 3.63) is 0 Å². The highest BCUT2D eigenvalue weighted by Gasteiger charge is 2.36. The van der Waals surface area contributed by atoms with Crippen LogP contribution in [0.15, 0.2) is 0 Å². The van der Waals surface area contributed by atoms with Crippen LogP contribution in [0.3, 0.4) is 0 Å². The van der Waals surface area contributed by atoms with Gasteiger partial charge in [-0.2, -0.15) is 0 Å². The van der Waals surface area contributed by atoms with Crippen LogP contribution in [-0.4, -0.2) is 68.9 Å². The average Bonchev–Trinajstić information content (AvgIpc) is 2.44. The number of aliphatic hydroxyl groups is 3. The van der Waals surface area contributed by atoms with Crippen LogP contribution < -0.4 is 5.32 Å². The lowest BCUT2D eigenvalue weighted by Gasteiger charge is -2.44. The van der Waals surface area contributed by atoms with Crippen molar-refractivity contribution in [1.29, 1.82) is 0 Å². The molecule has 0 saturated carbocycles. The van der Waals surface area contributed by atoms with Crippen LogP contribution in [0.4, 0.5) is 0 Å². The zero-order valence-corrected chi connectivity index (χ0v) is 19.3. The minimum absolute atomic E-state index is 0.0845. The molecule has 0 aromatic carbocycles. The molecular formula is C21H41NO7. The maximum Gasteiger partial charge on any atom is 0.306 e. The molecule has 0 radical (unpaired) electrons. The lowest BCUT2D eigenvalue weighted by atomic mass is 9.81. The van der Waals surface area contributed by atoms with E-state index >= 15 is 0 Å². The number of esters is 2. The summed E-state index contributed by atoms with van der Waals surface area (Å²) in [5.74, 6) is -1.14. The third-order valence-corrected chi connectivity index (χ3v) is 3.87. The topological polar surface area (TPSA) is 125 Å². The molecular weight excluding hydrogens is 378 g/mol. The summed E-state index contributed by atoms with van der Waals surface area (Å²) in [5, 5.41) is 31.7. The number of rotatable bonds is 7. The zero-order valence-electron chi connectivity index (χ0n) is 19.3. The van der Waals surface area contributed by atoms with E-state index in [9.17, 15) is 24.9 Å². The van der Waals surface area contributed by atoms with E-state index < -0.39 is 23.1 Å². The van der Waals surface area contributed by atoms with E-state index in [1.54, 1.807) is 0 Å². The molecule has 29 heavy (non-hydrogen) atoms. The van der Waals surface area contributed by atoms with E-state index in [4.69, 9.17) is 9.47 Å². The van der Waals surface area contributed by atoms with Gasteiger partial charge in [0, 0.05) is 11.1 Å². The van der Waals surface area contributed by atoms with Gasteiger partial charge in [-0.3, -0.25) is 9.59 Å². The summed E-state index contributed by atoms with van der Waals surface area (Å²) < 4.78 is 9.51. The molecule has 0 bridgehead atoms. The van der Waals surface area contributed by atoms with E-state index in [-0.39, 0.29) is 43.2 Å². The molecule has 0 atom stereocenters. The number of ether oxygens (including phenoxy) is 2. The minimum atomic E-state index is -1.09. The molecule has 4 N–H and O–H groups in total. The average molecular weight is 420 g/mol. The van der Waals surface area contributed by atoms with Crippen LogP contribution in [-0.2, 0) is 19.1 Å². The summed E-state index contributed by atoms with van der Waals surface area (Å²) >= 11 is 0. The molecule has 1 aliphatic heterocycles. The Bertz CT molecular complexity index is 484. The van der Waals surface area contributed by atoms with Crippen LogP contribution in [0.2, 0.25) is 0 Å². The number of hydrogen-bond acceptors (Lipinski definition) is 8. The predicted octanol–water partition coefficient (Wildman–Crippen LogP) is 1.68. The standard InChI is InChI=1S/C12H22O6.C9H19NO/c1-11(2,15)7-17-9(13)5-6-10(14)18-8-12(3,4)16;1-8(2)5-7(11)6-9(3,4)10-8/h15-16H,5-8H2,1-4H3;7,10-11H,5-6H2,1-4H3. The molecule has 1 aliphatic rings. The zero-order chi connectivity index (χ0) is 23.1. The highest BCUT2D eigenvalue weighted by atomic mass is 16.6. The first-order valence-corrected chi connectivity index (χ1v) is 10.0. The lowest BCUT2D eigenvalue weighted by Crippen LogP contribution is -2.59. The number of hydrogen-bond donors (Lipinski definition) is 4. The van der Waals surface area contributed by atoms with Gasteiger partial charge >= 0.3 is 11.9 Å². The molecule has 1 rings (SSSR count). The van der Waals surface area contributed by atoms with Crippen molar-refractivity contribution >= 4 is 11.9 Å². The quantitative estimate of drug-likeness (QED) is 0.459. The second kappa shape index (κ2) is 10.7. The summed E-state index contributed by atoms with van der Waals surface area (Å²) in [6, 6.07) is 0. The van der Waals surface area contributed by atoms with Crippen molar-refractivity contribution in [3.63, 3.8) is 0 Å². The van der Waals surface area contributed by atoms with Crippen molar-refractivity contribution in [1.82, 2.24) is 5.32 Å². The lowest BCUT2D eigenvalue weighted by molar-refractivity contribution is -0.156. The van der Waals surface area contributed by atoms with Gasteiger partial charge in [-0.1, -0.05) is 0 Å². The fraction of sp³-hybridized carbons (Fsp3) is 0.905. The first kappa shape index (κ1) is 27.8. The highest BCUT2D eigenvalue weighted by molar-refractivity contribution is 5.77. The molecule has 0 spiro atoms. The van der Waals surface area contributed by atoms with Crippen molar-refractivity contribution in [2.45, 2.75) is 109 Å². The van der Waals surface area contributed by atoms with Gasteiger partial charge in [0.15, 0.2) is 0 Å². The Labute approximate surface area is 175 Å². The number of carbonyl (C=O) groups is 2. The second-order valence-corrected chi connectivity index (χ2v) is 10.4. The Morgan fingerprint density at radius 1 is 0.862 bits per heavy atom. The number of nitrogens with one attached hydrogen (secondary N) is 1. The molecule has 172 valence electrons. The first-order valence-electron chi connectivity index (χ1n) is 10.0. The van der Waals surface area contributed by atoms with Gasteiger partial charge < -0.3 is 30.1 Å². The Hall–Kier alpha value is -1.22. The maximum absolute atomic E-state index is 11.2. The summed E-state index contributed by atoms with van der Waals surface area (Å²) in [7, 11) is 0. The molecule has 1 fully saturated rings. The van der Waals surface area contributed by atoms with Crippen LogP contribution in [0, 0.1) is 0 Å². The van der Waals surface area contributed by atoms with E-state index in [1.165, 1.54) is 27.7 Å². The molecule has 1 heterocycles. The molecule has 0 aromatic rings. The minimum Gasteiger partial charge on any atom is -0.463 e. The summed E-state index contributed by atoms with van der Waals surface area (Å²) in [5.41, 5.74) is -2.00.